The minimum absolute atomic E-state index is 0.0309. The molecule has 0 aromatic heterocycles. The molecule has 0 aliphatic rings. The summed E-state index contributed by atoms with van der Waals surface area (Å²) in [6, 6.07) is 0. The SMILES string of the molecule is CCCCC/C=C\C/C=C\CCCCCCCCCC(=O)OC(COC(=O)CCCCCCCCCCCCC)COP(=O)([O-])OCC[N+](C)(C)C. The van der Waals surface area contributed by atoms with Crippen LogP contribution in [-0.2, 0) is 32.7 Å². The Balaban J connectivity index is 4.38. The maximum absolute atomic E-state index is 12.6. The third-order valence-electron chi connectivity index (χ3n) is 8.97. The molecular formula is C42H80NO8P. The van der Waals surface area contributed by atoms with Gasteiger partial charge in [-0.25, -0.2) is 0 Å². The average Bonchev–Trinajstić information content (AvgIpc) is 3.09. The van der Waals surface area contributed by atoms with Crippen molar-refractivity contribution < 1.29 is 42.1 Å². The van der Waals surface area contributed by atoms with Crippen LogP contribution in [0.1, 0.15) is 181 Å². The van der Waals surface area contributed by atoms with Crippen LogP contribution in [0.25, 0.3) is 0 Å². The van der Waals surface area contributed by atoms with Crippen molar-refractivity contribution in [2.24, 2.45) is 0 Å². The number of carbonyl (C=O) groups is 2. The number of esters is 2. The molecule has 2 unspecified atom stereocenters. The van der Waals surface area contributed by atoms with Crippen LogP contribution in [0.2, 0.25) is 0 Å². The first-order valence-electron chi connectivity index (χ1n) is 21.0. The van der Waals surface area contributed by atoms with Crippen LogP contribution >= 0.6 is 7.82 Å². The fraction of sp³-hybridized carbons (Fsp3) is 0.857. The van der Waals surface area contributed by atoms with Crippen LogP contribution in [0.5, 0.6) is 0 Å². The van der Waals surface area contributed by atoms with E-state index in [1.165, 1.54) is 96.3 Å². The van der Waals surface area contributed by atoms with Gasteiger partial charge in [-0.3, -0.25) is 14.2 Å². The van der Waals surface area contributed by atoms with E-state index in [1.807, 2.05) is 21.1 Å². The molecule has 0 aromatic carbocycles. The van der Waals surface area contributed by atoms with Gasteiger partial charge < -0.3 is 27.9 Å². The Kier molecular flexibility index (Phi) is 34.2. The van der Waals surface area contributed by atoms with Crippen LogP contribution in [0.3, 0.4) is 0 Å². The molecule has 10 heteroatoms. The van der Waals surface area contributed by atoms with E-state index in [4.69, 9.17) is 18.5 Å². The summed E-state index contributed by atoms with van der Waals surface area (Å²) >= 11 is 0. The van der Waals surface area contributed by atoms with Gasteiger partial charge in [0.05, 0.1) is 27.7 Å². The lowest BCUT2D eigenvalue weighted by atomic mass is 10.1. The lowest BCUT2D eigenvalue weighted by Gasteiger charge is -2.28. The first-order chi connectivity index (χ1) is 25.0. The van der Waals surface area contributed by atoms with Crippen LogP contribution < -0.4 is 4.89 Å². The Bertz CT molecular complexity index is 949. The number of ether oxygens (including phenoxy) is 2. The molecule has 0 saturated heterocycles. The van der Waals surface area contributed by atoms with Crippen LogP contribution in [-0.4, -0.2) is 70.0 Å². The van der Waals surface area contributed by atoms with E-state index in [0.29, 0.717) is 17.4 Å². The molecule has 0 spiro atoms. The quantitative estimate of drug-likeness (QED) is 0.0201. The Hall–Kier alpha value is -1.51. The van der Waals surface area contributed by atoms with E-state index < -0.39 is 26.5 Å². The van der Waals surface area contributed by atoms with Gasteiger partial charge in [-0.05, 0) is 44.9 Å². The van der Waals surface area contributed by atoms with E-state index in [-0.39, 0.29) is 32.0 Å². The molecule has 0 rings (SSSR count). The monoisotopic (exact) mass is 758 g/mol. The molecule has 0 aliphatic heterocycles. The van der Waals surface area contributed by atoms with Crippen molar-refractivity contribution in [3.05, 3.63) is 24.3 Å². The highest BCUT2D eigenvalue weighted by Crippen LogP contribution is 2.38. The number of likely N-dealkylation sites (N-methyl/N-ethyl adjacent to an activating group) is 1. The third-order valence-corrected chi connectivity index (χ3v) is 9.94. The van der Waals surface area contributed by atoms with Crippen LogP contribution in [0.4, 0.5) is 0 Å². The van der Waals surface area contributed by atoms with Crippen molar-refractivity contribution in [2.75, 3.05) is 47.5 Å². The predicted octanol–water partition coefficient (Wildman–Crippen LogP) is 10.9. The molecule has 0 N–H and O–H groups in total. The Morgan fingerprint density at radius 2 is 1.04 bits per heavy atom. The van der Waals surface area contributed by atoms with E-state index in [0.717, 1.165) is 51.4 Å². The lowest BCUT2D eigenvalue weighted by Crippen LogP contribution is -2.37. The number of phosphoric acid groups is 1. The normalized spacial score (nSPS) is 13.9. The van der Waals surface area contributed by atoms with Gasteiger partial charge in [-0.2, -0.15) is 0 Å². The van der Waals surface area contributed by atoms with E-state index >= 15 is 0 Å². The van der Waals surface area contributed by atoms with E-state index in [2.05, 4.69) is 38.2 Å². The summed E-state index contributed by atoms with van der Waals surface area (Å²) in [6.45, 7) is 4.18. The van der Waals surface area contributed by atoms with Gasteiger partial charge in [0, 0.05) is 12.8 Å². The molecule has 9 nitrogen and oxygen atoms in total. The number of quaternary nitrogens is 1. The average molecular weight is 758 g/mol. The molecule has 0 radical (unpaired) electrons. The molecular weight excluding hydrogens is 677 g/mol. The number of rotatable bonds is 38. The van der Waals surface area contributed by atoms with Gasteiger partial charge in [0.1, 0.15) is 19.8 Å². The Morgan fingerprint density at radius 1 is 0.596 bits per heavy atom. The van der Waals surface area contributed by atoms with E-state index in [9.17, 15) is 19.0 Å². The standard InChI is InChI=1S/C42H80NO8P/c1-6-8-10-12-14-16-18-19-20-21-22-23-25-27-29-31-33-35-42(45)51-40(39-50-52(46,47)49-37-36-43(3,4)5)38-48-41(44)34-32-30-28-26-24-17-15-13-11-9-7-2/h14,16,19-20,40H,6-13,15,17-18,21-39H2,1-5H3/b16-14-,20-19-. The topological polar surface area (TPSA) is 111 Å². The number of phosphoric ester groups is 1. The minimum atomic E-state index is -4.62. The van der Waals surface area contributed by atoms with Crippen molar-refractivity contribution in [1.82, 2.24) is 0 Å². The Labute approximate surface area is 319 Å². The molecule has 52 heavy (non-hydrogen) atoms. The summed E-state index contributed by atoms with van der Waals surface area (Å²) in [5.41, 5.74) is 0. The molecule has 0 aromatic rings. The van der Waals surface area contributed by atoms with Crippen molar-refractivity contribution in [3.8, 4) is 0 Å². The zero-order valence-electron chi connectivity index (χ0n) is 34.3. The van der Waals surface area contributed by atoms with Gasteiger partial charge in [0.15, 0.2) is 6.10 Å². The zero-order chi connectivity index (χ0) is 38.6. The molecule has 0 saturated carbocycles. The summed E-state index contributed by atoms with van der Waals surface area (Å²) in [4.78, 5) is 37.4. The second kappa shape index (κ2) is 35.2. The van der Waals surface area contributed by atoms with Crippen molar-refractivity contribution in [1.29, 1.82) is 0 Å². The number of carbonyl (C=O) groups excluding carboxylic acids is 2. The number of hydrogen-bond acceptors (Lipinski definition) is 8. The van der Waals surface area contributed by atoms with Gasteiger partial charge in [0.2, 0.25) is 0 Å². The second-order valence-electron chi connectivity index (χ2n) is 15.4. The number of nitrogens with zero attached hydrogens (tertiary/aromatic N) is 1. The van der Waals surface area contributed by atoms with Crippen molar-refractivity contribution >= 4 is 19.8 Å². The van der Waals surface area contributed by atoms with Crippen molar-refractivity contribution in [2.45, 2.75) is 187 Å². The minimum Gasteiger partial charge on any atom is -0.756 e. The molecule has 306 valence electrons. The lowest BCUT2D eigenvalue weighted by molar-refractivity contribution is -0.870. The first kappa shape index (κ1) is 50.5. The molecule has 2 atom stereocenters. The van der Waals surface area contributed by atoms with Crippen LogP contribution in [0.15, 0.2) is 24.3 Å². The maximum atomic E-state index is 12.6. The van der Waals surface area contributed by atoms with Crippen LogP contribution in [0, 0.1) is 0 Å². The summed E-state index contributed by atoms with van der Waals surface area (Å²) in [6.07, 6.45) is 36.2. The Morgan fingerprint density at radius 3 is 1.56 bits per heavy atom. The molecule has 0 fully saturated rings. The highest BCUT2D eigenvalue weighted by atomic mass is 31.2. The first-order valence-corrected chi connectivity index (χ1v) is 22.5. The molecule has 0 amide bonds. The van der Waals surface area contributed by atoms with Gasteiger partial charge in [0.25, 0.3) is 7.82 Å². The number of allylic oxidation sites excluding steroid dienone is 4. The number of unbranched alkanes of at least 4 members (excludes halogenated alkanes) is 20. The largest absolute Gasteiger partial charge is 0.756 e. The third kappa shape index (κ3) is 38.2. The van der Waals surface area contributed by atoms with Gasteiger partial charge in [-0.1, -0.05) is 147 Å². The zero-order valence-corrected chi connectivity index (χ0v) is 35.2. The summed E-state index contributed by atoms with van der Waals surface area (Å²) in [5, 5.41) is 0. The fourth-order valence-corrected chi connectivity index (χ4v) is 6.35. The summed E-state index contributed by atoms with van der Waals surface area (Å²) in [5.74, 6) is -0.841. The highest BCUT2D eigenvalue weighted by Gasteiger charge is 2.21. The highest BCUT2D eigenvalue weighted by molar-refractivity contribution is 7.45. The fourth-order valence-electron chi connectivity index (χ4n) is 5.63. The summed E-state index contributed by atoms with van der Waals surface area (Å²) in [7, 11) is 1.16. The smallest absolute Gasteiger partial charge is 0.306 e. The van der Waals surface area contributed by atoms with Gasteiger partial charge in [-0.15, -0.1) is 0 Å². The van der Waals surface area contributed by atoms with E-state index in [1.54, 1.807) is 0 Å². The predicted molar refractivity (Wildman–Crippen MR) is 213 cm³/mol. The number of hydrogen-bond donors (Lipinski definition) is 0. The summed E-state index contributed by atoms with van der Waals surface area (Å²) < 4.78 is 33.8. The van der Waals surface area contributed by atoms with Crippen molar-refractivity contribution in [3.63, 3.8) is 0 Å². The second-order valence-corrected chi connectivity index (χ2v) is 16.8. The molecule has 0 heterocycles. The molecule has 0 bridgehead atoms. The maximum Gasteiger partial charge on any atom is 0.306 e. The van der Waals surface area contributed by atoms with Gasteiger partial charge >= 0.3 is 11.9 Å². The molecule has 0 aliphatic carbocycles.